The summed E-state index contributed by atoms with van der Waals surface area (Å²) < 4.78 is 5.35. The number of ether oxygens (including phenoxy) is 1. The van der Waals surface area contributed by atoms with E-state index in [1.807, 2.05) is 27.8 Å². The number of aliphatic imine (C=N–C) groups is 1. The molecule has 0 aliphatic carbocycles. The Hall–Kier alpha value is -0.770. The van der Waals surface area contributed by atoms with E-state index in [9.17, 15) is 4.79 Å². The van der Waals surface area contributed by atoms with E-state index in [0.29, 0.717) is 5.92 Å². The maximum atomic E-state index is 12.0. The smallest absolute Gasteiger partial charge is 0.407 e. The Bertz CT molecular complexity index is 503. The normalized spacial score (nSPS) is 22.4. The van der Waals surface area contributed by atoms with Gasteiger partial charge in [0.2, 0.25) is 0 Å². The van der Waals surface area contributed by atoms with Crippen LogP contribution in [0.2, 0.25) is 0 Å². The van der Waals surface area contributed by atoms with Crippen molar-refractivity contribution in [2.24, 2.45) is 10.9 Å². The maximum Gasteiger partial charge on any atom is 0.407 e. The Morgan fingerprint density at radius 1 is 1.21 bits per heavy atom. The Balaban J connectivity index is 0.00000392. The molecule has 7 nitrogen and oxygen atoms in total. The molecule has 0 aromatic carbocycles. The van der Waals surface area contributed by atoms with Crippen LogP contribution in [0.15, 0.2) is 4.99 Å². The van der Waals surface area contributed by atoms with E-state index in [1.165, 1.54) is 32.4 Å². The Kier molecular flexibility index (Phi) is 10.9. The lowest BCUT2D eigenvalue weighted by Crippen LogP contribution is -2.46. The van der Waals surface area contributed by atoms with Crippen LogP contribution >= 0.6 is 24.0 Å². The van der Waals surface area contributed by atoms with E-state index in [0.717, 1.165) is 38.6 Å². The molecule has 2 aliphatic heterocycles. The van der Waals surface area contributed by atoms with Gasteiger partial charge in [-0.25, -0.2) is 4.79 Å². The highest BCUT2D eigenvalue weighted by Gasteiger charge is 2.28. The molecule has 2 saturated heterocycles. The van der Waals surface area contributed by atoms with Gasteiger partial charge in [-0.3, -0.25) is 4.99 Å². The summed E-state index contributed by atoms with van der Waals surface area (Å²) >= 11 is 0. The van der Waals surface area contributed by atoms with Gasteiger partial charge in [-0.15, -0.1) is 24.0 Å². The number of guanidine groups is 1. The number of rotatable bonds is 5. The zero-order valence-corrected chi connectivity index (χ0v) is 20.6. The molecule has 2 aliphatic rings. The largest absolute Gasteiger partial charge is 0.444 e. The Morgan fingerprint density at radius 3 is 2.50 bits per heavy atom. The first-order valence-corrected chi connectivity index (χ1v) is 10.4. The summed E-state index contributed by atoms with van der Waals surface area (Å²) in [5.41, 5.74) is -0.468. The number of hydrogen-bond acceptors (Lipinski definition) is 4. The molecule has 1 amide bonds. The van der Waals surface area contributed by atoms with E-state index in [4.69, 9.17) is 4.74 Å². The average molecular weight is 509 g/mol. The van der Waals surface area contributed by atoms with Crippen molar-refractivity contribution in [1.29, 1.82) is 0 Å². The van der Waals surface area contributed by atoms with Crippen molar-refractivity contribution < 1.29 is 9.53 Å². The summed E-state index contributed by atoms with van der Waals surface area (Å²) in [5.74, 6) is 1.51. The van der Waals surface area contributed by atoms with Gasteiger partial charge in [-0.2, -0.15) is 0 Å². The minimum absolute atomic E-state index is 0. The van der Waals surface area contributed by atoms with Crippen LogP contribution in [0.5, 0.6) is 0 Å². The summed E-state index contributed by atoms with van der Waals surface area (Å²) in [6, 6.07) is 0.101. The molecule has 2 unspecified atom stereocenters. The fourth-order valence-corrected chi connectivity index (χ4v) is 3.79. The molecule has 2 rings (SSSR count). The lowest BCUT2D eigenvalue weighted by Gasteiger charge is -2.30. The summed E-state index contributed by atoms with van der Waals surface area (Å²) in [6.07, 6.45) is 4.61. The fourth-order valence-electron chi connectivity index (χ4n) is 3.79. The molecule has 0 saturated carbocycles. The molecule has 2 N–H and O–H groups in total. The van der Waals surface area contributed by atoms with E-state index < -0.39 is 5.60 Å². The van der Waals surface area contributed by atoms with Crippen LogP contribution < -0.4 is 10.6 Å². The number of carbonyl (C=O) groups is 1. The molecule has 2 heterocycles. The van der Waals surface area contributed by atoms with Gasteiger partial charge >= 0.3 is 6.09 Å². The van der Waals surface area contributed by atoms with Crippen LogP contribution in [0.25, 0.3) is 0 Å². The number of alkyl carbamates (subject to hydrolysis) is 1. The number of nitrogens with one attached hydrogen (secondary N) is 2. The van der Waals surface area contributed by atoms with Crippen LogP contribution in [0.4, 0.5) is 4.79 Å². The van der Waals surface area contributed by atoms with Crippen molar-refractivity contribution >= 4 is 36.0 Å². The lowest BCUT2D eigenvalue weighted by atomic mass is 10.1. The minimum atomic E-state index is -0.468. The molecule has 0 radical (unpaired) electrons. The molecule has 0 aromatic heterocycles. The van der Waals surface area contributed by atoms with Gasteiger partial charge in [0.05, 0.1) is 6.04 Å². The number of likely N-dealkylation sites (tertiary alicyclic amines) is 2. The highest BCUT2D eigenvalue weighted by atomic mass is 127. The van der Waals surface area contributed by atoms with E-state index in [-0.39, 0.29) is 36.1 Å². The molecule has 28 heavy (non-hydrogen) atoms. The highest BCUT2D eigenvalue weighted by molar-refractivity contribution is 14.0. The topological polar surface area (TPSA) is 69.2 Å². The third-order valence-electron chi connectivity index (χ3n) is 5.05. The summed E-state index contributed by atoms with van der Waals surface area (Å²) in [5, 5.41) is 6.49. The van der Waals surface area contributed by atoms with Crippen molar-refractivity contribution in [2.75, 3.05) is 46.3 Å². The second-order valence-corrected chi connectivity index (χ2v) is 8.97. The lowest BCUT2D eigenvalue weighted by molar-refractivity contribution is 0.0507. The maximum absolute atomic E-state index is 12.0. The van der Waals surface area contributed by atoms with Crippen molar-refractivity contribution in [1.82, 2.24) is 20.4 Å². The van der Waals surface area contributed by atoms with Crippen LogP contribution in [0.1, 0.15) is 53.4 Å². The average Bonchev–Trinajstić information content (AvgIpc) is 3.02. The number of piperidine rings is 1. The van der Waals surface area contributed by atoms with Crippen LogP contribution in [-0.2, 0) is 4.74 Å². The number of halogens is 1. The summed E-state index contributed by atoms with van der Waals surface area (Å²) in [6.45, 7) is 14.1. The minimum Gasteiger partial charge on any atom is -0.444 e. The predicted molar refractivity (Wildman–Crippen MR) is 126 cm³/mol. The monoisotopic (exact) mass is 509 g/mol. The standard InChI is InChI=1S/C20H39N5O2.HI/c1-16(14-24-10-7-6-8-11-24)13-22-18(21-5)25-12-9-17(15-25)23-19(26)27-20(2,3)4;/h16-17H,6-15H2,1-5H3,(H,21,22)(H,23,26);1H. The third kappa shape index (κ3) is 9.15. The van der Waals surface area contributed by atoms with Gasteiger partial charge in [0, 0.05) is 33.2 Å². The number of hydrogen-bond donors (Lipinski definition) is 2. The second kappa shape index (κ2) is 12.0. The zero-order chi connectivity index (χ0) is 19.9. The van der Waals surface area contributed by atoms with Crippen molar-refractivity contribution in [3.63, 3.8) is 0 Å². The van der Waals surface area contributed by atoms with E-state index in [2.05, 4.69) is 32.3 Å². The van der Waals surface area contributed by atoms with Crippen LogP contribution in [0.3, 0.4) is 0 Å². The Morgan fingerprint density at radius 2 is 1.89 bits per heavy atom. The molecular weight excluding hydrogens is 469 g/mol. The number of amides is 1. The van der Waals surface area contributed by atoms with Gasteiger partial charge in [-0.1, -0.05) is 13.3 Å². The predicted octanol–water partition coefficient (Wildman–Crippen LogP) is 2.90. The summed E-state index contributed by atoms with van der Waals surface area (Å²) in [4.78, 5) is 21.2. The highest BCUT2D eigenvalue weighted by Crippen LogP contribution is 2.13. The van der Waals surface area contributed by atoms with Gasteiger partial charge in [-0.05, 0) is 59.0 Å². The Labute approximate surface area is 188 Å². The van der Waals surface area contributed by atoms with Crippen LogP contribution in [0, 0.1) is 5.92 Å². The van der Waals surface area contributed by atoms with Gasteiger partial charge < -0.3 is 25.2 Å². The van der Waals surface area contributed by atoms with Gasteiger partial charge in [0.15, 0.2) is 5.96 Å². The van der Waals surface area contributed by atoms with E-state index >= 15 is 0 Å². The van der Waals surface area contributed by atoms with Gasteiger partial charge in [0.1, 0.15) is 5.60 Å². The van der Waals surface area contributed by atoms with E-state index in [1.54, 1.807) is 0 Å². The fraction of sp³-hybridized carbons (Fsp3) is 0.900. The molecule has 0 bridgehead atoms. The SMILES string of the molecule is CN=C(NCC(C)CN1CCCCC1)N1CCC(NC(=O)OC(C)(C)C)C1.I. The molecule has 8 heteroatoms. The third-order valence-corrected chi connectivity index (χ3v) is 5.05. The first-order valence-electron chi connectivity index (χ1n) is 10.4. The number of carbonyl (C=O) groups excluding carboxylic acids is 1. The molecule has 2 fully saturated rings. The first-order chi connectivity index (χ1) is 12.8. The quantitative estimate of drug-likeness (QED) is 0.339. The molecule has 0 aromatic rings. The van der Waals surface area contributed by atoms with Gasteiger partial charge in [0.25, 0.3) is 0 Å². The second-order valence-electron chi connectivity index (χ2n) is 8.97. The van der Waals surface area contributed by atoms with Crippen molar-refractivity contribution in [3.05, 3.63) is 0 Å². The van der Waals surface area contributed by atoms with Crippen LogP contribution in [-0.4, -0.2) is 79.8 Å². The molecule has 2 atom stereocenters. The summed E-state index contributed by atoms with van der Waals surface area (Å²) in [7, 11) is 1.83. The zero-order valence-electron chi connectivity index (χ0n) is 18.3. The first kappa shape index (κ1) is 25.3. The molecule has 164 valence electrons. The number of nitrogens with zero attached hydrogens (tertiary/aromatic N) is 3. The molecule has 0 spiro atoms. The van der Waals surface area contributed by atoms with Crippen molar-refractivity contribution in [3.8, 4) is 0 Å². The van der Waals surface area contributed by atoms with Crippen molar-refractivity contribution in [2.45, 2.75) is 65.0 Å². The molecular formula is C20H40IN5O2.